The number of hydrogen-bond acceptors (Lipinski definition) is 5. The third-order valence-corrected chi connectivity index (χ3v) is 10.9. The van der Waals surface area contributed by atoms with Crippen LogP contribution in [0.25, 0.3) is 88.9 Å². The Kier molecular flexibility index (Phi) is 7.52. The number of para-hydroxylation sites is 3. The summed E-state index contributed by atoms with van der Waals surface area (Å²) in [6, 6.07) is 52.6. The summed E-state index contributed by atoms with van der Waals surface area (Å²) in [4.78, 5) is 20.0. The van der Waals surface area contributed by atoms with E-state index in [-0.39, 0.29) is 5.92 Å². The summed E-state index contributed by atoms with van der Waals surface area (Å²) in [5, 5.41) is 3.40. The number of fused-ring (bicyclic) bond motifs is 6. The fraction of sp³-hybridized carbons (Fsp3) is 0.0400. The fourth-order valence-electron chi connectivity index (χ4n) is 8.22. The van der Waals surface area contributed by atoms with Crippen molar-refractivity contribution in [2.24, 2.45) is 0 Å². The van der Waals surface area contributed by atoms with Gasteiger partial charge in [0.05, 0.1) is 22.4 Å². The Labute approximate surface area is 322 Å². The molecule has 6 nitrogen and oxygen atoms in total. The lowest BCUT2D eigenvalue weighted by Gasteiger charge is -2.19. The number of nitrogens with zero attached hydrogens (tertiary/aromatic N) is 5. The van der Waals surface area contributed by atoms with Crippen molar-refractivity contribution in [3.05, 3.63) is 194 Å². The van der Waals surface area contributed by atoms with E-state index in [4.69, 9.17) is 19.4 Å². The molecule has 11 rings (SSSR count). The molecular weight excluding hydrogens is 687 g/mol. The summed E-state index contributed by atoms with van der Waals surface area (Å²) in [6.07, 6.45) is 11.1. The number of allylic oxidation sites excluding steroid dienone is 4. The maximum Gasteiger partial charge on any atom is 0.161 e. The molecule has 1 unspecified atom stereocenters. The van der Waals surface area contributed by atoms with Crippen LogP contribution >= 0.6 is 0 Å². The molecule has 56 heavy (non-hydrogen) atoms. The maximum absolute atomic E-state index is 6.56. The Morgan fingerprint density at radius 2 is 1.29 bits per heavy atom. The van der Waals surface area contributed by atoms with Gasteiger partial charge in [-0.3, -0.25) is 9.97 Å². The van der Waals surface area contributed by atoms with Gasteiger partial charge < -0.3 is 8.98 Å². The summed E-state index contributed by atoms with van der Waals surface area (Å²) in [5.41, 5.74) is 13.5. The first-order valence-electron chi connectivity index (χ1n) is 18.9. The van der Waals surface area contributed by atoms with Gasteiger partial charge in [-0.15, -0.1) is 0 Å². The third kappa shape index (κ3) is 5.42. The molecule has 0 saturated carbocycles. The Morgan fingerprint density at radius 3 is 2.09 bits per heavy atom. The Bertz CT molecular complexity index is 3120. The first-order chi connectivity index (χ1) is 27.7. The molecule has 0 N–H and O–H groups in total. The zero-order valence-electron chi connectivity index (χ0n) is 30.2. The zero-order valence-corrected chi connectivity index (χ0v) is 30.2. The highest BCUT2D eigenvalue weighted by atomic mass is 16.3. The lowest BCUT2D eigenvalue weighted by Crippen LogP contribution is -2.05. The monoisotopic (exact) mass is 719 g/mol. The van der Waals surface area contributed by atoms with Gasteiger partial charge in [0.2, 0.25) is 0 Å². The molecule has 0 saturated heterocycles. The summed E-state index contributed by atoms with van der Waals surface area (Å²) < 4.78 is 8.92. The van der Waals surface area contributed by atoms with Crippen molar-refractivity contribution < 1.29 is 4.42 Å². The smallest absolute Gasteiger partial charge is 0.161 e. The third-order valence-electron chi connectivity index (χ3n) is 10.9. The number of rotatable bonds is 6. The van der Waals surface area contributed by atoms with Crippen molar-refractivity contribution in [2.45, 2.75) is 12.3 Å². The van der Waals surface area contributed by atoms with Gasteiger partial charge in [-0.05, 0) is 84.3 Å². The van der Waals surface area contributed by atoms with Crippen LogP contribution in [-0.4, -0.2) is 24.5 Å². The van der Waals surface area contributed by atoms with Gasteiger partial charge in [-0.25, -0.2) is 9.97 Å². The molecule has 1 aliphatic rings. The number of benzene rings is 5. The topological polar surface area (TPSA) is 69.6 Å². The summed E-state index contributed by atoms with van der Waals surface area (Å²) in [6.45, 7) is 0. The van der Waals surface area contributed by atoms with E-state index in [1.54, 1.807) is 0 Å². The molecule has 0 spiro atoms. The largest absolute Gasteiger partial charge is 0.454 e. The van der Waals surface area contributed by atoms with Crippen molar-refractivity contribution in [3.8, 4) is 39.5 Å². The minimum absolute atomic E-state index is 0.151. The van der Waals surface area contributed by atoms with Crippen LogP contribution in [0.5, 0.6) is 0 Å². The van der Waals surface area contributed by atoms with Gasteiger partial charge in [0.1, 0.15) is 11.1 Å². The van der Waals surface area contributed by atoms with Crippen molar-refractivity contribution in [1.29, 1.82) is 0 Å². The predicted molar refractivity (Wildman–Crippen MR) is 226 cm³/mol. The lowest BCUT2D eigenvalue weighted by molar-refractivity contribution is 0.669. The van der Waals surface area contributed by atoms with Gasteiger partial charge in [0.15, 0.2) is 11.4 Å². The second-order valence-corrected chi connectivity index (χ2v) is 14.2. The fourth-order valence-corrected chi connectivity index (χ4v) is 8.22. The van der Waals surface area contributed by atoms with E-state index in [1.165, 1.54) is 10.8 Å². The van der Waals surface area contributed by atoms with E-state index in [0.29, 0.717) is 5.82 Å². The van der Waals surface area contributed by atoms with E-state index < -0.39 is 0 Å². The van der Waals surface area contributed by atoms with E-state index >= 15 is 0 Å². The summed E-state index contributed by atoms with van der Waals surface area (Å²) in [5.74, 6) is 0.827. The van der Waals surface area contributed by atoms with Gasteiger partial charge >= 0.3 is 0 Å². The van der Waals surface area contributed by atoms with Crippen LogP contribution in [0.4, 0.5) is 0 Å². The molecule has 5 heterocycles. The van der Waals surface area contributed by atoms with Crippen LogP contribution < -0.4 is 0 Å². The van der Waals surface area contributed by atoms with E-state index in [2.05, 4.69) is 131 Å². The van der Waals surface area contributed by atoms with Crippen molar-refractivity contribution in [3.63, 3.8) is 0 Å². The van der Waals surface area contributed by atoms with Crippen LogP contribution in [0.1, 0.15) is 23.7 Å². The van der Waals surface area contributed by atoms with Gasteiger partial charge in [0, 0.05) is 62.5 Å². The number of hydrogen-bond donors (Lipinski definition) is 0. The number of furan rings is 1. The average Bonchev–Trinajstić information content (AvgIpc) is 3.83. The second kappa shape index (κ2) is 13.1. The second-order valence-electron chi connectivity index (χ2n) is 14.2. The molecule has 0 amide bonds. The normalized spacial score (nSPS) is 14.2. The predicted octanol–water partition coefficient (Wildman–Crippen LogP) is 12.4. The highest BCUT2D eigenvalue weighted by molar-refractivity contribution is 6.10. The standard InChI is InChI=1S/C50H33N5O/c1-2-13-32(14-3-1)50-53-43(34-16-12-15-33(27-34)42-20-10-11-25-51-42)31-44(54-50)36-28-35(38-24-26-52-48-41-19-6-9-23-47(41)56-49(38)48)29-37(30-36)55-45-21-7-4-17-39(45)40-18-5-8-22-46(40)55/h1-26,28-31,33H,27H2. The van der Waals surface area contributed by atoms with E-state index in [1.807, 2.05) is 60.9 Å². The van der Waals surface area contributed by atoms with Crippen molar-refractivity contribution in [2.75, 3.05) is 0 Å². The van der Waals surface area contributed by atoms with E-state index in [9.17, 15) is 0 Å². The van der Waals surface area contributed by atoms with Crippen LogP contribution in [-0.2, 0) is 0 Å². The summed E-state index contributed by atoms with van der Waals surface area (Å²) >= 11 is 0. The molecule has 10 aromatic rings. The molecule has 1 atom stereocenters. The maximum atomic E-state index is 6.56. The molecule has 0 aliphatic heterocycles. The first-order valence-corrected chi connectivity index (χ1v) is 18.9. The van der Waals surface area contributed by atoms with Crippen LogP contribution in [0.15, 0.2) is 187 Å². The van der Waals surface area contributed by atoms with Crippen LogP contribution in [0.2, 0.25) is 0 Å². The molecule has 0 radical (unpaired) electrons. The average molecular weight is 720 g/mol. The van der Waals surface area contributed by atoms with Gasteiger partial charge in [-0.2, -0.15) is 0 Å². The lowest BCUT2D eigenvalue weighted by atomic mass is 9.89. The Balaban J connectivity index is 1.16. The minimum Gasteiger partial charge on any atom is -0.454 e. The highest BCUT2D eigenvalue weighted by Crippen LogP contribution is 2.40. The molecule has 5 aromatic heterocycles. The van der Waals surface area contributed by atoms with Crippen LogP contribution in [0.3, 0.4) is 0 Å². The van der Waals surface area contributed by atoms with Gasteiger partial charge in [0.25, 0.3) is 0 Å². The quantitative estimate of drug-likeness (QED) is 0.171. The SMILES string of the molecule is C1=CC(c2ccccn2)CC(c2cc(-c3cc(-c4ccnc5c4oc4ccccc45)cc(-n4c5ccccc5c5ccccc54)c3)nc(-c3ccccc3)n2)=C1. The summed E-state index contributed by atoms with van der Waals surface area (Å²) in [7, 11) is 0. The van der Waals surface area contributed by atoms with Crippen molar-refractivity contribution in [1.82, 2.24) is 24.5 Å². The Hall–Kier alpha value is -7.44. The molecule has 6 heteroatoms. The molecule has 5 aromatic carbocycles. The molecule has 264 valence electrons. The van der Waals surface area contributed by atoms with Crippen molar-refractivity contribution >= 4 is 49.4 Å². The highest BCUT2D eigenvalue weighted by Gasteiger charge is 2.21. The number of aromatic nitrogens is 5. The Morgan fingerprint density at radius 1 is 0.571 bits per heavy atom. The minimum atomic E-state index is 0.151. The van der Waals surface area contributed by atoms with Gasteiger partial charge in [-0.1, -0.05) is 103 Å². The molecule has 0 bridgehead atoms. The first kappa shape index (κ1) is 32.0. The van der Waals surface area contributed by atoms with Crippen LogP contribution in [0, 0.1) is 0 Å². The molecule has 0 fully saturated rings. The number of pyridine rings is 2. The van der Waals surface area contributed by atoms with E-state index in [0.717, 1.165) is 90.1 Å². The zero-order chi connectivity index (χ0) is 37.0. The molecular formula is C50H33N5O. The molecule has 1 aliphatic carbocycles.